The number of nitrogens with one attached hydrogen (secondary N) is 2. The molecule has 2 N–H and O–H groups in total. The summed E-state index contributed by atoms with van der Waals surface area (Å²) in [5, 5.41) is 26.5. The monoisotopic (exact) mass is 494 g/mol. The van der Waals surface area contributed by atoms with Crippen LogP contribution in [0.5, 0.6) is 0 Å². The molecule has 10 nitrogen and oxygen atoms in total. The Morgan fingerprint density at radius 3 is 1.68 bits per heavy atom. The van der Waals surface area contributed by atoms with Gasteiger partial charge in [-0.25, -0.2) is 0 Å². The van der Waals surface area contributed by atoms with Gasteiger partial charge in [-0.1, -0.05) is 23.2 Å². The van der Waals surface area contributed by atoms with Gasteiger partial charge in [-0.15, -0.1) is 0 Å². The third kappa shape index (κ3) is 5.15. The van der Waals surface area contributed by atoms with Gasteiger partial charge in [0.2, 0.25) is 23.0 Å². The molecule has 0 spiro atoms. The second-order valence-electron chi connectivity index (χ2n) is 6.85. The van der Waals surface area contributed by atoms with Gasteiger partial charge in [-0.2, -0.15) is 20.7 Å². The Kier molecular flexibility index (Phi) is 7.49. The van der Waals surface area contributed by atoms with E-state index in [1.165, 1.54) is 12.1 Å². The number of anilines is 2. The number of ketones is 2. The molecular formula is C22H16Cl2N8O2. The maximum absolute atomic E-state index is 12.5. The summed E-state index contributed by atoms with van der Waals surface area (Å²) >= 11 is 12.5. The lowest BCUT2D eigenvalue weighted by molar-refractivity contribution is 0.105. The number of benzene rings is 1. The van der Waals surface area contributed by atoms with E-state index >= 15 is 0 Å². The van der Waals surface area contributed by atoms with Gasteiger partial charge in [0.25, 0.3) is 0 Å². The molecular weight excluding hydrogens is 479 g/mol. The molecule has 0 bridgehead atoms. The summed E-state index contributed by atoms with van der Waals surface area (Å²) in [6.45, 7) is 0. The predicted octanol–water partition coefficient (Wildman–Crippen LogP) is 4.02. The number of carbonyl (C=O) groups excluding carboxylic acids is 2. The fourth-order valence-electron chi connectivity index (χ4n) is 2.87. The largest absolute Gasteiger partial charge is 0.348 e. The molecule has 0 fully saturated rings. The summed E-state index contributed by atoms with van der Waals surface area (Å²) < 4.78 is 3.14. The minimum absolute atomic E-state index is 0.0878. The second-order valence-corrected chi connectivity index (χ2v) is 7.66. The summed E-state index contributed by atoms with van der Waals surface area (Å²) in [5.74, 6) is -1.13. The fourth-order valence-corrected chi connectivity index (χ4v) is 3.44. The lowest BCUT2D eigenvalue weighted by Crippen LogP contribution is -2.17. The first kappa shape index (κ1) is 24.3. The highest BCUT2D eigenvalue weighted by molar-refractivity contribution is 6.51. The van der Waals surface area contributed by atoms with Crippen LogP contribution in [0.15, 0.2) is 59.0 Å². The smallest absolute Gasteiger partial charge is 0.240 e. The van der Waals surface area contributed by atoms with Crippen LogP contribution in [0.1, 0.15) is 21.0 Å². The van der Waals surface area contributed by atoms with Crippen LogP contribution in [0.2, 0.25) is 10.0 Å². The van der Waals surface area contributed by atoms with Gasteiger partial charge in [0, 0.05) is 26.5 Å². The zero-order valence-corrected chi connectivity index (χ0v) is 19.4. The lowest BCUT2D eigenvalue weighted by atomic mass is 10.2. The maximum atomic E-state index is 12.5. The molecule has 3 rings (SSSR count). The average molecular weight is 495 g/mol. The van der Waals surface area contributed by atoms with Crippen LogP contribution in [0.4, 0.5) is 11.4 Å². The number of Topliss-reactive ketones (excluding diaryl/α,β-unsaturated/α-hetero) is 2. The molecule has 1 aromatic carbocycles. The Balaban J connectivity index is 1.79. The number of carbonyl (C=O) groups is 2. The van der Waals surface area contributed by atoms with E-state index in [0.29, 0.717) is 5.69 Å². The van der Waals surface area contributed by atoms with Gasteiger partial charge in [0.15, 0.2) is 0 Å². The first-order chi connectivity index (χ1) is 16.3. The normalized spacial score (nSPS) is 11.5. The van der Waals surface area contributed by atoms with Crippen molar-refractivity contribution in [1.82, 2.24) is 9.13 Å². The number of hydrogen-bond donors (Lipinski definition) is 2. The number of nitrogens with zero attached hydrogens (tertiary/aromatic N) is 6. The molecule has 3 aromatic rings. The Bertz CT molecular complexity index is 1400. The highest BCUT2D eigenvalue weighted by Crippen LogP contribution is 2.34. The third-order valence-corrected chi connectivity index (χ3v) is 5.21. The van der Waals surface area contributed by atoms with Gasteiger partial charge in [-0.3, -0.25) is 20.4 Å². The third-order valence-electron chi connectivity index (χ3n) is 4.61. The van der Waals surface area contributed by atoms with Crippen LogP contribution >= 0.6 is 23.2 Å². The van der Waals surface area contributed by atoms with E-state index in [2.05, 4.69) is 21.1 Å². The van der Waals surface area contributed by atoms with E-state index in [1.54, 1.807) is 72.0 Å². The molecule has 170 valence electrons. The number of halogens is 2. The van der Waals surface area contributed by atoms with Crippen molar-refractivity contribution in [3.05, 3.63) is 70.2 Å². The Morgan fingerprint density at radius 1 is 0.853 bits per heavy atom. The van der Waals surface area contributed by atoms with Crippen molar-refractivity contribution in [2.45, 2.75) is 0 Å². The van der Waals surface area contributed by atoms with E-state index in [4.69, 9.17) is 23.2 Å². The number of rotatable bonds is 8. The molecule has 12 heteroatoms. The number of aryl methyl sites for hydroxylation is 2. The van der Waals surface area contributed by atoms with Crippen molar-refractivity contribution >= 4 is 57.6 Å². The lowest BCUT2D eigenvalue weighted by Gasteiger charge is -2.10. The van der Waals surface area contributed by atoms with E-state index in [-0.39, 0.29) is 32.8 Å². The first-order valence-electron chi connectivity index (χ1n) is 9.55. The van der Waals surface area contributed by atoms with E-state index in [0.717, 1.165) is 0 Å². The van der Waals surface area contributed by atoms with Crippen molar-refractivity contribution < 1.29 is 9.59 Å². The second kappa shape index (κ2) is 10.5. The van der Waals surface area contributed by atoms with E-state index in [1.807, 2.05) is 0 Å². The van der Waals surface area contributed by atoms with Crippen LogP contribution in [-0.2, 0) is 14.1 Å². The zero-order valence-electron chi connectivity index (χ0n) is 17.9. The number of aromatic nitrogens is 2. The molecule has 0 aliphatic heterocycles. The number of hydrazone groups is 2. The molecule has 34 heavy (non-hydrogen) atoms. The minimum Gasteiger partial charge on any atom is -0.348 e. The Morgan fingerprint density at radius 2 is 1.29 bits per heavy atom. The fraction of sp³-hybridized carbons (Fsp3) is 0.0909. The van der Waals surface area contributed by atoms with Gasteiger partial charge in [0.1, 0.15) is 12.1 Å². The topological polar surface area (TPSA) is 140 Å². The van der Waals surface area contributed by atoms with Gasteiger partial charge in [0.05, 0.1) is 32.8 Å². The summed E-state index contributed by atoms with van der Waals surface area (Å²) in [6.07, 6.45) is 3.34. The quantitative estimate of drug-likeness (QED) is 0.275. The van der Waals surface area contributed by atoms with Crippen molar-refractivity contribution in [3.8, 4) is 12.1 Å². The van der Waals surface area contributed by atoms with Crippen LogP contribution in [0.3, 0.4) is 0 Å². The van der Waals surface area contributed by atoms with Crippen LogP contribution < -0.4 is 10.9 Å². The van der Waals surface area contributed by atoms with Crippen LogP contribution in [0, 0.1) is 22.7 Å². The van der Waals surface area contributed by atoms with E-state index in [9.17, 15) is 20.1 Å². The summed E-state index contributed by atoms with van der Waals surface area (Å²) in [4.78, 5) is 24.9. The standard InChI is InChI=1S/C22H16Cl2N8O2/c1-31-7-3-5-18(31)21(33)16(11-25)28-27-13-9-14(23)20(15(24)10-13)30-29-17(12-26)22(34)19-6-4-8-32(19)2/h3-10,27,30H,1-2H3/b28-16+,29-17+. The van der Waals surface area contributed by atoms with Crippen molar-refractivity contribution in [3.63, 3.8) is 0 Å². The molecule has 2 aromatic heterocycles. The molecule has 0 unspecified atom stereocenters. The molecule has 0 atom stereocenters. The summed E-state index contributed by atoms with van der Waals surface area (Å²) in [6, 6.07) is 12.8. The summed E-state index contributed by atoms with van der Waals surface area (Å²) in [7, 11) is 3.34. The predicted molar refractivity (Wildman–Crippen MR) is 129 cm³/mol. The first-order valence-corrected chi connectivity index (χ1v) is 10.3. The van der Waals surface area contributed by atoms with Crippen molar-refractivity contribution in [2.75, 3.05) is 10.9 Å². The molecule has 0 saturated heterocycles. The summed E-state index contributed by atoms with van der Waals surface area (Å²) in [5.41, 5.74) is 5.39. The Labute approximate surface area is 204 Å². The van der Waals surface area contributed by atoms with Crippen molar-refractivity contribution in [2.24, 2.45) is 24.3 Å². The highest BCUT2D eigenvalue weighted by atomic mass is 35.5. The number of hydrogen-bond acceptors (Lipinski definition) is 8. The van der Waals surface area contributed by atoms with E-state index < -0.39 is 17.3 Å². The maximum Gasteiger partial charge on any atom is 0.240 e. The van der Waals surface area contributed by atoms with Gasteiger partial charge in [-0.05, 0) is 36.4 Å². The molecule has 0 aliphatic rings. The van der Waals surface area contributed by atoms with Gasteiger partial charge >= 0.3 is 0 Å². The SMILES string of the molecule is Cn1cccc1C(=O)/C(C#N)=N/Nc1cc(Cl)c(N/N=C(\C#N)C(=O)c2cccn2C)c(Cl)c1. The zero-order chi connectivity index (χ0) is 24.8. The highest BCUT2D eigenvalue weighted by Gasteiger charge is 2.18. The van der Waals surface area contributed by atoms with Crippen LogP contribution in [-0.4, -0.2) is 32.1 Å². The molecule has 0 radical (unpaired) electrons. The van der Waals surface area contributed by atoms with Gasteiger partial charge < -0.3 is 9.13 Å². The number of nitriles is 2. The molecule has 2 heterocycles. The molecule has 0 amide bonds. The van der Waals surface area contributed by atoms with Crippen molar-refractivity contribution in [1.29, 1.82) is 10.5 Å². The van der Waals surface area contributed by atoms with Crippen LogP contribution in [0.25, 0.3) is 0 Å². The minimum atomic E-state index is -0.575. The molecule has 0 aliphatic carbocycles. The Hall–Kier alpha value is -4.38. The average Bonchev–Trinajstić information content (AvgIpc) is 3.43. The molecule has 0 saturated carbocycles.